The van der Waals surface area contributed by atoms with Crippen LogP contribution in [0.4, 0.5) is 5.82 Å². The van der Waals surface area contributed by atoms with E-state index in [9.17, 15) is 9.36 Å². The van der Waals surface area contributed by atoms with Crippen molar-refractivity contribution in [2.75, 3.05) is 18.9 Å². The van der Waals surface area contributed by atoms with E-state index in [-0.39, 0.29) is 31.2 Å². The summed E-state index contributed by atoms with van der Waals surface area (Å²) in [5.41, 5.74) is 8.48. The molecule has 0 aliphatic heterocycles. The molecule has 232 valence electrons. The number of aromatic nitrogens is 4. The molecule has 12 nitrogen and oxygen atoms in total. The van der Waals surface area contributed by atoms with Crippen molar-refractivity contribution in [2.45, 2.75) is 78.7 Å². The number of anilines is 1. The summed E-state index contributed by atoms with van der Waals surface area (Å²) in [7, 11) is -4.15. The number of unbranched alkanes of at least 4 members (excludes halogenated alkanes) is 1. The van der Waals surface area contributed by atoms with E-state index in [2.05, 4.69) is 26.5 Å². The van der Waals surface area contributed by atoms with E-state index >= 15 is 0 Å². The molecule has 4 aromatic rings. The standard InChI is InChI=1S/C30H41N6O6P/c1-6-8-13-22(18-40-43(38,42-26-16-11-12-17-32-26)35-21(5)30(37)41-20(3)4)36-25(19-39-7-2)34-27-28(36)23-14-9-10-15-24(23)33-29(27)31/h9-12,14-17,20-22H,6-8,13,18-19H2,1-5H3,(H2,31,33)(H,35,38)/t21-,22+,43-/m0/s1. The van der Waals surface area contributed by atoms with Crippen LogP contribution in [0.15, 0.2) is 48.7 Å². The Morgan fingerprint density at radius 3 is 2.56 bits per heavy atom. The van der Waals surface area contributed by atoms with E-state index in [1.54, 1.807) is 39.0 Å². The van der Waals surface area contributed by atoms with Crippen LogP contribution in [-0.4, -0.2) is 50.8 Å². The molecule has 0 unspecified atom stereocenters. The topological polar surface area (TPSA) is 153 Å². The summed E-state index contributed by atoms with van der Waals surface area (Å²) in [6, 6.07) is 11.4. The summed E-state index contributed by atoms with van der Waals surface area (Å²) in [4.78, 5) is 26.2. The highest BCUT2D eigenvalue weighted by atomic mass is 31.2. The number of hydrogen-bond donors (Lipinski definition) is 2. The molecular formula is C30H41N6O6P. The molecule has 13 heteroatoms. The lowest BCUT2D eigenvalue weighted by atomic mass is 10.1. The van der Waals surface area contributed by atoms with Crippen molar-refractivity contribution in [1.82, 2.24) is 24.6 Å². The molecule has 0 bridgehead atoms. The molecule has 0 amide bonds. The summed E-state index contributed by atoms with van der Waals surface area (Å²) in [5, 5.41) is 3.62. The Labute approximate surface area is 251 Å². The Bertz CT molecular complexity index is 1560. The second-order valence-corrected chi connectivity index (χ2v) is 12.1. The Morgan fingerprint density at radius 1 is 1.09 bits per heavy atom. The van der Waals surface area contributed by atoms with Gasteiger partial charge in [-0.15, -0.1) is 0 Å². The lowest BCUT2D eigenvalue weighted by molar-refractivity contribution is -0.149. The van der Waals surface area contributed by atoms with E-state index in [0.29, 0.717) is 30.2 Å². The fourth-order valence-corrected chi connectivity index (χ4v) is 6.19. The van der Waals surface area contributed by atoms with Crippen LogP contribution in [0.1, 0.15) is 65.7 Å². The predicted molar refractivity (Wildman–Crippen MR) is 166 cm³/mol. The zero-order valence-corrected chi connectivity index (χ0v) is 26.3. The largest absolute Gasteiger partial charge is 0.462 e. The number of para-hydroxylation sites is 1. The third-order valence-corrected chi connectivity index (χ3v) is 8.28. The van der Waals surface area contributed by atoms with Gasteiger partial charge in [-0.3, -0.25) is 9.32 Å². The monoisotopic (exact) mass is 612 g/mol. The summed E-state index contributed by atoms with van der Waals surface area (Å²) in [6.07, 6.45) is 3.62. The molecule has 0 aliphatic rings. The number of nitrogens with one attached hydrogen (secondary N) is 1. The maximum Gasteiger partial charge on any atom is 0.460 e. The molecule has 3 aromatic heterocycles. The van der Waals surface area contributed by atoms with Crippen molar-refractivity contribution >= 4 is 41.5 Å². The Balaban J connectivity index is 1.76. The second-order valence-electron chi connectivity index (χ2n) is 10.4. The first kappa shape index (κ1) is 32.3. The molecule has 3 atom stereocenters. The minimum atomic E-state index is -4.15. The number of pyridine rings is 2. The number of ether oxygens (including phenoxy) is 2. The number of nitrogens with zero attached hydrogens (tertiary/aromatic N) is 4. The minimum absolute atomic E-state index is 0.0375. The number of imidazole rings is 1. The number of esters is 1. The number of nitrogen functional groups attached to an aromatic ring is 1. The maximum atomic E-state index is 14.2. The number of benzene rings is 1. The molecule has 1 aromatic carbocycles. The highest BCUT2D eigenvalue weighted by Crippen LogP contribution is 2.46. The zero-order chi connectivity index (χ0) is 31.0. The van der Waals surface area contributed by atoms with Gasteiger partial charge < -0.3 is 24.3 Å². The molecule has 0 aliphatic carbocycles. The summed E-state index contributed by atoms with van der Waals surface area (Å²) in [5.74, 6) is 0.459. The number of hydrogen-bond acceptors (Lipinski definition) is 10. The van der Waals surface area contributed by atoms with Crippen molar-refractivity contribution in [2.24, 2.45) is 0 Å². The molecular weight excluding hydrogens is 571 g/mol. The highest BCUT2D eigenvalue weighted by Gasteiger charge is 2.35. The molecule has 3 heterocycles. The van der Waals surface area contributed by atoms with Crippen LogP contribution < -0.4 is 15.3 Å². The van der Waals surface area contributed by atoms with Gasteiger partial charge in [0.2, 0.25) is 5.88 Å². The van der Waals surface area contributed by atoms with Crippen LogP contribution >= 0.6 is 7.75 Å². The van der Waals surface area contributed by atoms with Gasteiger partial charge in [0.05, 0.1) is 29.8 Å². The van der Waals surface area contributed by atoms with Gasteiger partial charge in [0.1, 0.15) is 24.0 Å². The lowest BCUT2D eigenvalue weighted by Crippen LogP contribution is -2.36. The van der Waals surface area contributed by atoms with Crippen LogP contribution in [0.2, 0.25) is 0 Å². The lowest BCUT2D eigenvalue weighted by Gasteiger charge is -2.27. The Hall–Kier alpha value is -3.57. The number of carbonyl (C=O) groups is 1. The molecule has 43 heavy (non-hydrogen) atoms. The van der Waals surface area contributed by atoms with Crippen LogP contribution in [-0.2, 0) is 30.0 Å². The summed E-state index contributed by atoms with van der Waals surface area (Å²) < 4.78 is 39.3. The SMILES string of the molecule is CCCC[C@H](CO[P@@](=O)(N[C@@H](C)C(=O)OC(C)C)Oc1ccccn1)n1c(COCC)nc2c(N)nc3ccccc3c21. The molecule has 0 saturated carbocycles. The van der Waals surface area contributed by atoms with Crippen molar-refractivity contribution < 1.29 is 27.9 Å². The molecule has 0 saturated heterocycles. The molecule has 0 fully saturated rings. The van der Waals surface area contributed by atoms with Crippen molar-refractivity contribution in [3.63, 3.8) is 0 Å². The number of rotatable bonds is 16. The normalized spacial score (nSPS) is 14.6. The van der Waals surface area contributed by atoms with E-state index in [1.807, 2.05) is 31.2 Å². The molecule has 3 N–H and O–H groups in total. The van der Waals surface area contributed by atoms with Gasteiger partial charge in [0.25, 0.3) is 0 Å². The van der Waals surface area contributed by atoms with Gasteiger partial charge >= 0.3 is 13.7 Å². The van der Waals surface area contributed by atoms with E-state index in [0.717, 1.165) is 29.3 Å². The second kappa shape index (κ2) is 14.7. The van der Waals surface area contributed by atoms with Gasteiger partial charge in [0.15, 0.2) is 5.82 Å². The fourth-order valence-electron chi connectivity index (χ4n) is 4.71. The summed E-state index contributed by atoms with van der Waals surface area (Å²) in [6.45, 7) is 9.73. The van der Waals surface area contributed by atoms with Crippen molar-refractivity contribution in [3.05, 3.63) is 54.5 Å². The maximum absolute atomic E-state index is 14.2. The highest BCUT2D eigenvalue weighted by molar-refractivity contribution is 7.52. The average molecular weight is 613 g/mol. The molecule has 0 spiro atoms. The average Bonchev–Trinajstić information content (AvgIpc) is 3.36. The minimum Gasteiger partial charge on any atom is -0.462 e. The molecule has 0 radical (unpaired) electrons. The third kappa shape index (κ3) is 8.08. The number of fused-ring (bicyclic) bond motifs is 3. The smallest absolute Gasteiger partial charge is 0.460 e. The first-order valence-electron chi connectivity index (χ1n) is 14.6. The van der Waals surface area contributed by atoms with Crippen LogP contribution in [0.25, 0.3) is 21.9 Å². The van der Waals surface area contributed by atoms with Gasteiger partial charge in [0, 0.05) is 24.3 Å². The summed E-state index contributed by atoms with van der Waals surface area (Å²) >= 11 is 0. The number of nitrogens with two attached hydrogens (primary N) is 1. The van der Waals surface area contributed by atoms with E-state index in [1.165, 1.54) is 6.20 Å². The van der Waals surface area contributed by atoms with Crippen LogP contribution in [0, 0.1) is 0 Å². The number of carbonyl (C=O) groups excluding carboxylic acids is 1. The Kier molecular flexibility index (Phi) is 11.1. The molecule has 4 rings (SSSR count). The van der Waals surface area contributed by atoms with Gasteiger partial charge in [-0.2, -0.15) is 5.09 Å². The van der Waals surface area contributed by atoms with Gasteiger partial charge in [-0.1, -0.05) is 44.0 Å². The predicted octanol–water partition coefficient (Wildman–Crippen LogP) is 5.96. The quantitative estimate of drug-likeness (QED) is 0.114. The Morgan fingerprint density at radius 2 is 1.86 bits per heavy atom. The first-order valence-corrected chi connectivity index (χ1v) is 16.2. The van der Waals surface area contributed by atoms with Gasteiger partial charge in [-0.05, 0) is 46.2 Å². The zero-order valence-electron chi connectivity index (χ0n) is 25.4. The van der Waals surface area contributed by atoms with Crippen LogP contribution in [0.5, 0.6) is 5.88 Å². The fraction of sp³-hybridized carbons (Fsp3) is 0.467. The van der Waals surface area contributed by atoms with Crippen molar-refractivity contribution in [3.8, 4) is 5.88 Å². The first-order chi connectivity index (χ1) is 20.7. The van der Waals surface area contributed by atoms with E-state index in [4.69, 9.17) is 29.2 Å². The van der Waals surface area contributed by atoms with Gasteiger partial charge in [-0.25, -0.2) is 19.5 Å². The van der Waals surface area contributed by atoms with Crippen molar-refractivity contribution in [1.29, 1.82) is 0 Å². The van der Waals surface area contributed by atoms with Crippen LogP contribution in [0.3, 0.4) is 0 Å². The van der Waals surface area contributed by atoms with E-state index < -0.39 is 19.8 Å². The third-order valence-electron chi connectivity index (χ3n) is 6.66.